The van der Waals surface area contributed by atoms with Gasteiger partial charge < -0.3 is 4.42 Å². The van der Waals surface area contributed by atoms with E-state index in [4.69, 9.17) is 4.42 Å². The Balaban J connectivity index is 2.66. The molecular formula is C12H7NO3. The number of nitrogens with one attached hydrogen (secondary N) is 1. The number of aromatic nitrogens is 1. The van der Waals surface area contributed by atoms with E-state index >= 15 is 0 Å². The summed E-state index contributed by atoms with van der Waals surface area (Å²) in [5.74, 6) is 0. The molecule has 0 amide bonds. The number of pyridine rings is 1. The first kappa shape index (κ1) is 8.91. The van der Waals surface area contributed by atoms with Gasteiger partial charge >= 0.3 is 0 Å². The zero-order valence-electron chi connectivity index (χ0n) is 8.19. The van der Waals surface area contributed by atoms with Crippen LogP contribution in [0, 0.1) is 0 Å². The van der Waals surface area contributed by atoms with E-state index in [1.165, 1.54) is 12.1 Å². The lowest BCUT2D eigenvalue weighted by molar-refractivity contribution is 0.643. The number of hydrogen-bond donors (Lipinski definition) is 1. The smallest absolute Gasteiger partial charge is 0.250 e. The van der Waals surface area contributed by atoms with Crippen molar-refractivity contribution in [1.29, 1.82) is 0 Å². The first-order valence-corrected chi connectivity index (χ1v) is 4.80. The predicted molar refractivity (Wildman–Crippen MR) is 60.6 cm³/mol. The topological polar surface area (TPSA) is 63.1 Å². The van der Waals surface area contributed by atoms with Gasteiger partial charge in [0.05, 0.1) is 10.8 Å². The minimum Gasteiger partial charge on any atom is -0.439 e. The summed E-state index contributed by atoms with van der Waals surface area (Å²) in [7, 11) is 0. The molecule has 4 nitrogen and oxygen atoms in total. The zero-order chi connectivity index (χ0) is 11.1. The van der Waals surface area contributed by atoms with E-state index < -0.39 is 0 Å². The Hall–Kier alpha value is -2.36. The molecule has 0 unspecified atom stereocenters. The van der Waals surface area contributed by atoms with E-state index in [2.05, 4.69) is 4.98 Å². The Bertz CT molecular complexity index is 798. The molecule has 16 heavy (non-hydrogen) atoms. The van der Waals surface area contributed by atoms with Crippen LogP contribution < -0.4 is 11.0 Å². The van der Waals surface area contributed by atoms with Gasteiger partial charge in [0.2, 0.25) is 11.1 Å². The lowest BCUT2D eigenvalue weighted by Gasteiger charge is -1.99. The number of aromatic amines is 1. The summed E-state index contributed by atoms with van der Waals surface area (Å²) in [6.45, 7) is 0. The van der Waals surface area contributed by atoms with E-state index in [1.54, 1.807) is 24.3 Å². The average Bonchev–Trinajstić information content (AvgIpc) is 2.29. The van der Waals surface area contributed by atoms with Gasteiger partial charge in [-0.05, 0) is 18.2 Å². The van der Waals surface area contributed by atoms with Gasteiger partial charge in [0, 0.05) is 6.07 Å². The summed E-state index contributed by atoms with van der Waals surface area (Å²) in [4.78, 5) is 25.6. The largest absolute Gasteiger partial charge is 0.439 e. The highest BCUT2D eigenvalue weighted by Gasteiger charge is 2.06. The lowest BCUT2D eigenvalue weighted by atomic mass is 10.2. The second kappa shape index (κ2) is 3.06. The molecule has 2 heterocycles. The number of fused-ring (bicyclic) bond motifs is 2. The van der Waals surface area contributed by atoms with Crippen LogP contribution in [0.1, 0.15) is 0 Å². The first-order chi connectivity index (χ1) is 7.75. The molecule has 78 valence electrons. The van der Waals surface area contributed by atoms with Gasteiger partial charge in [-0.2, -0.15) is 0 Å². The molecule has 0 bridgehead atoms. The summed E-state index contributed by atoms with van der Waals surface area (Å²) >= 11 is 0. The summed E-state index contributed by atoms with van der Waals surface area (Å²) in [5, 5.41) is 0.903. The second-order valence-electron chi connectivity index (χ2n) is 3.49. The molecule has 0 atom stereocenters. The van der Waals surface area contributed by atoms with Crippen molar-refractivity contribution in [1.82, 2.24) is 4.98 Å². The van der Waals surface area contributed by atoms with E-state index in [-0.39, 0.29) is 16.7 Å². The van der Waals surface area contributed by atoms with Crippen molar-refractivity contribution in [2.75, 3.05) is 0 Å². The Morgan fingerprint density at radius 1 is 0.938 bits per heavy atom. The van der Waals surface area contributed by atoms with E-state index in [1.807, 2.05) is 0 Å². The summed E-state index contributed by atoms with van der Waals surface area (Å²) in [5.41, 5.74) is 0.275. The number of para-hydroxylation sites is 1. The van der Waals surface area contributed by atoms with Crippen molar-refractivity contribution < 1.29 is 4.42 Å². The molecule has 0 saturated heterocycles. The number of rotatable bonds is 0. The van der Waals surface area contributed by atoms with Crippen LogP contribution in [0.5, 0.6) is 0 Å². The SMILES string of the molecule is O=c1ccc2c(=O)c3ccccc3oc2[nH]1. The standard InChI is InChI=1S/C12H7NO3/c14-10-6-5-8-11(15)7-3-1-2-4-9(7)16-12(8)13-10/h1-6H,(H,13,14). The van der Waals surface area contributed by atoms with Crippen LogP contribution in [0.25, 0.3) is 22.1 Å². The lowest BCUT2D eigenvalue weighted by Crippen LogP contribution is -2.08. The van der Waals surface area contributed by atoms with E-state index in [0.29, 0.717) is 16.4 Å². The third kappa shape index (κ3) is 1.16. The van der Waals surface area contributed by atoms with Crippen molar-refractivity contribution in [2.24, 2.45) is 0 Å². The van der Waals surface area contributed by atoms with Crippen LogP contribution >= 0.6 is 0 Å². The van der Waals surface area contributed by atoms with Gasteiger partial charge in [-0.25, -0.2) is 0 Å². The fourth-order valence-electron chi connectivity index (χ4n) is 1.71. The van der Waals surface area contributed by atoms with E-state index in [0.717, 1.165) is 0 Å². The van der Waals surface area contributed by atoms with Crippen LogP contribution in [0.3, 0.4) is 0 Å². The molecule has 0 saturated carbocycles. The van der Waals surface area contributed by atoms with Crippen LogP contribution in [-0.2, 0) is 0 Å². The number of benzene rings is 1. The molecular weight excluding hydrogens is 206 g/mol. The normalized spacial score (nSPS) is 11.0. The van der Waals surface area contributed by atoms with Crippen LogP contribution in [0.4, 0.5) is 0 Å². The van der Waals surface area contributed by atoms with Crippen molar-refractivity contribution in [3.63, 3.8) is 0 Å². The quantitative estimate of drug-likeness (QED) is 0.577. The van der Waals surface area contributed by atoms with Gasteiger partial charge in [-0.3, -0.25) is 14.6 Å². The maximum Gasteiger partial charge on any atom is 0.250 e. The van der Waals surface area contributed by atoms with Gasteiger partial charge in [0.15, 0.2) is 0 Å². The molecule has 0 radical (unpaired) electrons. The second-order valence-corrected chi connectivity index (χ2v) is 3.49. The average molecular weight is 213 g/mol. The van der Waals surface area contributed by atoms with E-state index in [9.17, 15) is 9.59 Å². The Labute approximate surface area is 89.1 Å². The summed E-state index contributed by atoms with van der Waals surface area (Å²) in [6.07, 6.45) is 0. The first-order valence-electron chi connectivity index (χ1n) is 4.80. The monoisotopic (exact) mass is 213 g/mol. The minimum absolute atomic E-state index is 0.131. The van der Waals surface area contributed by atoms with Crippen molar-refractivity contribution >= 4 is 22.1 Å². The summed E-state index contributed by atoms with van der Waals surface area (Å²) in [6, 6.07) is 9.74. The molecule has 0 aliphatic carbocycles. The minimum atomic E-state index is -0.286. The molecule has 0 aliphatic rings. The molecule has 0 aliphatic heterocycles. The molecule has 3 aromatic rings. The molecule has 0 fully saturated rings. The molecule has 4 heteroatoms. The third-order valence-electron chi connectivity index (χ3n) is 2.47. The van der Waals surface area contributed by atoms with Crippen molar-refractivity contribution in [2.45, 2.75) is 0 Å². The van der Waals surface area contributed by atoms with Gasteiger partial charge in [0.25, 0.3) is 5.56 Å². The summed E-state index contributed by atoms with van der Waals surface area (Å²) < 4.78 is 5.45. The zero-order valence-corrected chi connectivity index (χ0v) is 8.19. The molecule has 1 aromatic carbocycles. The molecule has 3 rings (SSSR count). The highest BCUT2D eigenvalue weighted by molar-refractivity contribution is 5.87. The Morgan fingerprint density at radius 3 is 2.62 bits per heavy atom. The third-order valence-corrected chi connectivity index (χ3v) is 2.47. The van der Waals surface area contributed by atoms with Crippen molar-refractivity contribution in [3.8, 4) is 0 Å². The Morgan fingerprint density at radius 2 is 1.75 bits per heavy atom. The maximum atomic E-state index is 12.0. The van der Waals surface area contributed by atoms with Crippen LogP contribution in [-0.4, -0.2) is 4.98 Å². The fraction of sp³-hybridized carbons (Fsp3) is 0. The highest BCUT2D eigenvalue weighted by Crippen LogP contribution is 2.14. The van der Waals surface area contributed by atoms with Gasteiger partial charge in [-0.15, -0.1) is 0 Å². The molecule has 1 N–H and O–H groups in total. The maximum absolute atomic E-state index is 12.0. The van der Waals surface area contributed by atoms with Gasteiger partial charge in [-0.1, -0.05) is 12.1 Å². The molecule has 2 aromatic heterocycles. The van der Waals surface area contributed by atoms with Crippen LogP contribution in [0.2, 0.25) is 0 Å². The van der Waals surface area contributed by atoms with Gasteiger partial charge in [0.1, 0.15) is 5.58 Å². The fourth-order valence-corrected chi connectivity index (χ4v) is 1.71. The predicted octanol–water partition coefficient (Wildman–Crippen LogP) is 1.63. The number of hydrogen-bond acceptors (Lipinski definition) is 3. The number of H-pyrrole nitrogens is 1. The highest BCUT2D eigenvalue weighted by atomic mass is 16.3. The van der Waals surface area contributed by atoms with Crippen LogP contribution in [0.15, 0.2) is 50.4 Å². The molecule has 0 spiro atoms. The Kier molecular flexibility index (Phi) is 1.71. The van der Waals surface area contributed by atoms with Crippen molar-refractivity contribution in [3.05, 3.63) is 57.0 Å².